The fourth-order valence-corrected chi connectivity index (χ4v) is 4.18. The van der Waals surface area contributed by atoms with Gasteiger partial charge in [0.15, 0.2) is 5.82 Å². The first-order chi connectivity index (χ1) is 12.6. The third kappa shape index (κ3) is 2.08. The highest BCUT2D eigenvalue weighted by Gasteiger charge is 2.67. The number of hydrogen-bond acceptors (Lipinski definition) is 6. The summed E-state index contributed by atoms with van der Waals surface area (Å²) in [6, 6.07) is 5.25. The molecule has 3 aliphatic rings. The molecule has 5 rings (SSSR count). The number of carbonyl (C=O) groups is 2. The second kappa shape index (κ2) is 5.31. The molecule has 0 aliphatic carbocycles. The number of furan rings is 1. The number of rotatable bonds is 4. The van der Waals surface area contributed by atoms with Gasteiger partial charge in [0.1, 0.15) is 17.1 Å². The van der Waals surface area contributed by atoms with Crippen LogP contribution >= 0.6 is 0 Å². The zero-order valence-corrected chi connectivity index (χ0v) is 14.0. The van der Waals surface area contributed by atoms with E-state index < -0.39 is 17.4 Å². The van der Waals surface area contributed by atoms with Crippen LogP contribution in [-0.2, 0) is 20.9 Å². The average molecular weight is 355 g/mol. The minimum absolute atomic E-state index is 0.164. The molecule has 0 radical (unpaired) electrons. The van der Waals surface area contributed by atoms with Gasteiger partial charge in [-0.3, -0.25) is 14.5 Å². The molecule has 2 amide bonds. The Bertz CT molecular complexity index is 902. The van der Waals surface area contributed by atoms with Crippen LogP contribution in [0.3, 0.4) is 0 Å². The minimum Gasteiger partial charge on any atom is -0.467 e. The Balaban J connectivity index is 1.40. The third-order valence-corrected chi connectivity index (χ3v) is 5.31. The molecule has 1 N–H and O–H groups in total. The van der Waals surface area contributed by atoms with Crippen LogP contribution in [0.5, 0.6) is 0 Å². The highest BCUT2D eigenvalue weighted by Crippen LogP contribution is 2.52. The third-order valence-electron chi connectivity index (χ3n) is 5.31. The summed E-state index contributed by atoms with van der Waals surface area (Å²) in [5.74, 6) is 0.219. The monoisotopic (exact) mass is 355 g/mol. The van der Waals surface area contributed by atoms with Gasteiger partial charge in [0.05, 0.1) is 37.3 Å². The van der Waals surface area contributed by atoms with Crippen LogP contribution in [-0.4, -0.2) is 35.2 Å². The summed E-state index contributed by atoms with van der Waals surface area (Å²) in [6.07, 6.45) is 4.95. The van der Waals surface area contributed by atoms with E-state index in [4.69, 9.17) is 13.7 Å². The fraction of sp³-hybridized carbons (Fsp3) is 0.389. The number of fused-ring (bicyclic) bond motifs is 1. The van der Waals surface area contributed by atoms with E-state index in [1.54, 1.807) is 36.3 Å². The molecule has 2 aromatic rings. The maximum atomic E-state index is 13.1. The standard InChI is InChI=1S/C18H17N3O5/c1-10-7-13(20-26-10)21-9-18-5-4-12(25-18)14(15(18)17(21)23)16(22)19-8-11-3-2-6-24-11/h2-7,12,14-15H,8-9H2,1H3,(H,19,22)/t12-,14+,15+,18+/m1/s1. The number of amides is 2. The Morgan fingerprint density at radius 1 is 1.50 bits per heavy atom. The van der Waals surface area contributed by atoms with Crippen molar-refractivity contribution in [3.63, 3.8) is 0 Å². The molecule has 2 aromatic heterocycles. The molecule has 8 heteroatoms. The predicted octanol–water partition coefficient (Wildman–Crippen LogP) is 1.18. The van der Waals surface area contributed by atoms with Crippen molar-refractivity contribution >= 4 is 17.6 Å². The summed E-state index contributed by atoms with van der Waals surface area (Å²) in [5.41, 5.74) is -0.776. The minimum atomic E-state index is -0.776. The van der Waals surface area contributed by atoms with Gasteiger partial charge < -0.3 is 19.0 Å². The molecule has 5 heterocycles. The molecule has 1 spiro atoms. The van der Waals surface area contributed by atoms with Crippen molar-refractivity contribution in [2.75, 3.05) is 11.4 Å². The van der Waals surface area contributed by atoms with E-state index in [0.29, 0.717) is 23.9 Å². The smallest absolute Gasteiger partial charge is 0.235 e. The SMILES string of the molecule is Cc1cc(N2C[C@]34C=C[C@@H](O3)[C@H](C(=O)NCc3ccco3)[C@H]4C2=O)no1. The Morgan fingerprint density at radius 2 is 2.38 bits per heavy atom. The summed E-state index contributed by atoms with van der Waals surface area (Å²) in [6.45, 7) is 2.37. The lowest BCUT2D eigenvalue weighted by atomic mass is 9.77. The van der Waals surface area contributed by atoms with Crippen LogP contribution in [0.1, 0.15) is 11.5 Å². The molecule has 8 nitrogen and oxygen atoms in total. The van der Waals surface area contributed by atoms with Crippen LogP contribution in [0.4, 0.5) is 5.82 Å². The topological polar surface area (TPSA) is 97.8 Å². The van der Waals surface area contributed by atoms with Gasteiger partial charge in [0.2, 0.25) is 11.8 Å². The van der Waals surface area contributed by atoms with Crippen LogP contribution in [0, 0.1) is 18.8 Å². The van der Waals surface area contributed by atoms with Crippen LogP contribution < -0.4 is 10.2 Å². The Hall–Kier alpha value is -2.87. The number of carbonyl (C=O) groups excluding carboxylic acids is 2. The van der Waals surface area contributed by atoms with Crippen molar-refractivity contribution in [3.05, 3.63) is 48.1 Å². The van der Waals surface area contributed by atoms with Crippen LogP contribution in [0.2, 0.25) is 0 Å². The normalized spacial score (nSPS) is 31.7. The van der Waals surface area contributed by atoms with Gasteiger partial charge >= 0.3 is 0 Å². The van der Waals surface area contributed by atoms with Crippen molar-refractivity contribution in [1.82, 2.24) is 10.5 Å². The molecule has 2 saturated heterocycles. The van der Waals surface area contributed by atoms with Gasteiger partial charge in [0, 0.05) is 6.07 Å². The van der Waals surface area contributed by atoms with Crippen molar-refractivity contribution in [1.29, 1.82) is 0 Å². The lowest BCUT2D eigenvalue weighted by Crippen LogP contribution is -2.43. The molecule has 4 atom stereocenters. The molecule has 3 aliphatic heterocycles. The summed E-state index contributed by atoms with van der Waals surface area (Å²) in [4.78, 5) is 27.4. The Labute approximate surface area is 148 Å². The zero-order valence-electron chi connectivity index (χ0n) is 14.0. The first-order valence-electron chi connectivity index (χ1n) is 8.49. The summed E-state index contributed by atoms with van der Waals surface area (Å²) >= 11 is 0. The van der Waals surface area contributed by atoms with Crippen LogP contribution in [0.25, 0.3) is 0 Å². The molecule has 2 bridgehead atoms. The van der Waals surface area contributed by atoms with Crippen molar-refractivity contribution < 1.29 is 23.3 Å². The van der Waals surface area contributed by atoms with E-state index in [-0.39, 0.29) is 24.5 Å². The van der Waals surface area contributed by atoms with E-state index in [2.05, 4.69) is 10.5 Å². The second-order valence-corrected chi connectivity index (χ2v) is 6.92. The Morgan fingerprint density at radius 3 is 3.12 bits per heavy atom. The molecule has 2 fully saturated rings. The molecule has 0 unspecified atom stereocenters. The first-order valence-corrected chi connectivity index (χ1v) is 8.49. The van der Waals surface area contributed by atoms with Gasteiger partial charge in [-0.1, -0.05) is 17.3 Å². The molecular formula is C18H17N3O5. The number of nitrogens with zero attached hydrogens (tertiary/aromatic N) is 2. The predicted molar refractivity (Wildman–Crippen MR) is 87.9 cm³/mol. The number of nitrogens with one attached hydrogen (secondary N) is 1. The lowest BCUT2D eigenvalue weighted by molar-refractivity contribution is -0.132. The summed E-state index contributed by atoms with van der Waals surface area (Å²) in [7, 11) is 0. The number of ether oxygens (including phenoxy) is 1. The maximum absolute atomic E-state index is 13.1. The first kappa shape index (κ1) is 15.4. The fourth-order valence-electron chi connectivity index (χ4n) is 4.18. The zero-order chi connectivity index (χ0) is 17.9. The number of aryl methyl sites for hydroxylation is 1. The molecule has 134 valence electrons. The van der Waals surface area contributed by atoms with Crippen LogP contribution in [0.15, 0.2) is 45.6 Å². The van der Waals surface area contributed by atoms with Crippen molar-refractivity contribution in [3.8, 4) is 0 Å². The molecule has 0 saturated carbocycles. The largest absolute Gasteiger partial charge is 0.467 e. The number of anilines is 1. The van der Waals surface area contributed by atoms with Crippen molar-refractivity contribution in [2.24, 2.45) is 11.8 Å². The highest BCUT2D eigenvalue weighted by molar-refractivity contribution is 6.02. The summed E-state index contributed by atoms with van der Waals surface area (Å²) in [5, 5.41) is 6.78. The second-order valence-electron chi connectivity index (χ2n) is 6.92. The number of hydrogen-bond donors (Lipinski definition) is 1. The average Bonchev–Trinajstić information content (AvgIpc) is 3.41. The highest BCUT2D eigenvalue weighted by atomic mass is 16.5. The van der Waals surface area contributed by atoms with E-state index in [1.807, 2.05) is 12.2 Å². The van der Waals surface area contributed by atoms with Gasteiger partial charge in [-0.05, 0) is 19.1 Å². The number of aromatic nitrogens is 1. The maximum Gasteiger partial charge on any atom is 0.235 e. The van der Waals surface area contributed by atoms with E-state index in [0.717, 1.165) is 0 Å². The molecule has 0 aromatic carbocycles. The Kier molecular flexibility index (Phi) is 3.14. The summed E-state index contributed by atoms with van der Waals surface area (Å²) < 4.78 is 16.4. The van der Waals surface area contributed by atoms with Gasteiger partial charge in [-0.2, -0.15) is 0 Å². The van der Waals surface area contributed by atoms with E-state index in [9.17, 15) is 9.59 Å². The molecular weight excluding hydrogens is 338 g/mol. The van der Waals surface area contributed by atoms with Crippen molar-refractivity contribution in [2.45, 2.75) is 25.2 Å². The lowest BCUT2D eigenvalue weighted by Gasteiger charge is -2.23. The molecule has 26 heavy (non-hydrogen) atoms. The quantitative estimate of drug-likeness (QED) is 0.827. The van der Waals surface area contributed by atoms with Gasteiger partial charge in [0.25, 0.3) is 0 Å². The van der Waals surface area contributed by atoms with Gasteiger partial charge in [-0.25, -0.2) is 0 Å². The van der Waals surface area contributed by atoms with E-state index >= 15 is 0 Å². The van der Waals surface area contributed by atoms with Gasteiger partial charge in [-0.15, -0.1) is 0 Å². The van der Waals surface area contributed by atoms with E-state index in [1.165, 1.54) is 0 Å².